The number of carbonyl (C=O) groups is 2. The van der Waals surface area contributed by atoms with Crippen molar-refractivity contribution in [1.82, 2.24) is 9.80 Å². The van der Waals surface area contributed by atoms with Crippen LogP contribution in [-0.4, -0.2) is 81.3 Å². The zero-order valence-electron chi connectivity index (χ0n) is 25.7. The number of nitrogens with two attached hydrogens (primary N) is 1. The monoisotopic (exact) mass is 633 g/mol. The molecule has 0 atom stereocenters. The van der Waals surface area contributed by atoms with E-state index in [1.807, 2.05) is 41.5 Å². The van der Waals surface area contributed by atoms with Gasteiger partial charge in [0.15, 0.2) is 0 Å². The Morgan fingerprint density at radius 2 is 1.27 bits per heavy atom. The number of nitrogens with zero attached hydrogens (tertiary/aromatic N) is 2. The van der Waals surface area contributed by atoms with Crippen LogP contribution in [0.25, 0.3) is 0 Å². The Balaban J connectivity index is 3.36. The van der Waals surface area contributed by atoms with Gasteiger partial charge in [0.2, 0.25) is 0 Å². The van der Waals surface area contributed by atoms with E-state index in [1.54, 1.807) is 4.90 Å². The number of likely N-dealkylation sites (tertiary alicyclic amines) is 1. The Labute approximate surface area is 232 Å². The summed E-state index contributed by atoms with van der Waals surface area (Å²) in [4.78, 5) is 30.5. The molecule has 218 valence electrons. The van der Waals surface area contributed by atoms with Crippen LogP contribution < -0.4 is 5.73 Å². The van der Waals surface area contributed by atoms with Gasteiger partial charge in [-0.1, -0.05) is 0 Å². The number of amides is 2. The fourth-order valence-corrected chi connectivity index (χ4v) is 21.5. The second-order valence-electron chi connectivity index (χ2n) is 13.3. The van der Waals surface area contributed by atoms with Crippen molar-refractivity contribution in [3.63, 3.8) is 0 Å². The molecule has 0 bridgehead atoms. The molecule has 2 amide bonds. The standard InChI is InChI=1S/C17H32N3O4.3C4H9.Sn/c1-15(2,3)23-13(21)19(7)17(12-18)8-10-20(11-9-17)14(22)24-16(4,5)6;3*1-3-4-2;/h7-12,18H2,1-6H3;3*1,3-4H2,2H3;. The molecule has 2 N–H and O–H groups in total. The number of hydrogen-bond acceptors (Lipinski definition) is 5. The molecule has 0 unspecified atom stereocenters. The van der Waals surface area contributed by atoms with Crippen LogP contribution in [0.1, 0.15) is 114 Å². The molecule has 1 heterocycles. The van der Waals surface area contributed by atoms with Crippen molar-refractivity contribution in [1.29, 1.82) is 0 Å². The van der Waals surface area contributed by atoms with Gasteiger partial charge in [-0.15, -0.1) is 0 Å². The van der Waals surface area contributed by atoms with Gasteiger partial charge in [0.1, 0.15) is 0 Å². The topological polar surface area (TPSA) is 85.1 Å². The Kier molecular flexibility index (Phi) is 14.1. The Hall–Kier alpha value is -0.701. The summed E-state index contributed by atoms with van der Waals surface area (Å²) in [6.45, 7) is 19.7. The van der Waals surface area contributed by atoms with Gasteiger partial charge in [-0.05, 0) is 0 Å². The molecule has 0 radical (unpaired) electrons. The minimum absolute atomic E-state index is 0.228. The minimum atomic E-state index is -2.76. The van der Waals surface area contributed by atoms with Crippen molar-refractivity contribution < 1.29 is 19.1 Å². The average molecular weight is 633 g/mol. The molecule has 8 heteroatoms. The second-order valence-corrected chi connectivity index (χ2v) is 27.0. The molecule has 0 aromatic heterocycles. The van der Waals surface area contributed by atoms with E-state index in [-0.39, 0.29) is 12.2 Å². The van der Waals surface area contributed by atoms with Crippen LogP contribution in [0.3, 0.4) is 0 Å². The van der Waals surface area contributed by atoms with Crippen LogP contribution in [0.4, 0.5) is 9.59 Å². The van der Waals surface area contributed by atoms with Crippen LogP contribution in [0.15, 0.2) is 0 Å². The molecule has 0 aliphatic carbocycles. The number of carbonyl (C=O) groups excluding carboxylic acids is 2. The van der Waals surface area contributed by atoms with E-state index in [2.05, 4.69) is 25.7 Å². The van der Waals surface area contributed by atoms with Crippen LogP contribution >= 0.6 is 0 Å². The number of piperidine rings is 1. The summed E-state index contributed by atoms with van der Waals surface area (Å²) in [5.74, 6) is 0. The van der Waals surface area contributed by atoms with Crippen LogP contribution in [-0.2, 0) is 9.47 Å². The van der Waals surface area contributed by atoms with Crippen molar-refractivity contribution in [3.05, 3.63) is 0 Å². The molecule has 0 saturated carbocycles. The number of rotatable bonds is 13. The Bertz CT molecular complexity index is 672. The van der Waals surface area contributed by atoms with E-state index >= 15 is 0 Å². The summed E-state index contributed by atoms with van der Waals surface area (Å²) in [5, 5.41) is 0. The number of ether oxygens (including phenoxy) is 2. The molecule has 1 saturated heterocycles. The summed E-state index contributed by atoms with van der Waals surface area (Å²) in [6.07, 6.45) is 8.09. The second kappa shape index (κ2) is 15.2. The SMILES string of the molecule is CCC[CH2][Sn]([CH2]CCC)([CH2]CCC)[CH2]N(C(=O)OC(C)(C)C)C1(CN)CCN(C(=O)OC(C)(C)C)CC1. The molecule has 0 spiro atoms. The van der Waals surface area contributed by atoms with Crippen molar-refractivity contribution in [2.75, 3.05) is 24.2 Å². The maximum absolute atomic E-state index is 13.9. The number of unbranched alkanes of at least 4 members (excludes halogenated alkanes) is 3. The van der Waals surface area contributed by atoms with Gasteiger partial charge in [-0.3, -0.25) is 0 Å². The van der Waals surface area contributed by atoms with Crippen molar-refractivity contribution in [2.24, 2.45) is 5.73 Å². The molecule has 0 aromatic rings. The fourth-order valence-electron chi connectivity index (χ4n) is 5.36. The normalized spacial score (nSPS) is 16.4. The molecule has 37 heavy (non-hydrogen) atoms. The predicted molar refractivity (Wildman–Crippen MR) is 157 cm³/mol. The van der Waals surface area contributed by atoms with Crippen LogP contribution in [0, 0.1) is 0 Å². The molecule has 1 aliphatic rings. The zero-order chi connectivity index (χ0) is 28.3. The van der Waals surface area contributed by atoms with Gasteiger partial charge in [-0.25, -0.2) is 0 Å². The van der Waals surface area contributed by atoms with Crippen molar-refractivity contribution in [3.8, 4) is 0 Å². The van der Waals surface area contributed by atoms with Crippen LogP contribution in [0.5, 0.6) is 0 Å². The van der Waals surface area contributed by atoms with E-state index < -0.39 is 35.1 Å². The summed E-state index contributed by atoms with van der Waals surface area (Å²) < 4.78 is 16.5. The van der Waals surface area contributed by atoms with Gasteiger partial charge in [0, 0.05) is 0 Å². The van der Waals surface area contributed by atoms with Crippen molar-refractivity contribution in [2.45, 2.75) is 144 Å². The van der Waals surface area contributed by atoms with Gasteiger partial charge >= 0.3 is 233 Å². The first-order valence-electron chi connectivity index (χ1n) is 14.8. The zero-order valence-corrected chi connectivity index (χ0v) is 28.6. The Morgan fingerprint density at radius 3 is 1.62 bits per heavy atom. The quantitative estimate of drug-likeness (QED) is 0.215. The summed E-state index contributed by atoms with van der Waals surface area (Å²) >= 11 is -2.76. The van der Waals surface area contributed by atoms with E-state index in [0.29, 0.717) is 32.5 Å². The first kappa shape index (κ1) is 34.3. The van der Waals surface area contributed by atoms with Gasteiger partial charge < -0.3 is 0 Å². The van der Waals surface area contributed by atoms with E-state index in [0.717, 1.165) is 4.56 Å². The van der Waals surface area contributed by atoms with E-state index in [4.69, 9.17) is 15.2 Å². The first-order valence-corrected chi connectivity index (χ1v) is 22.9. The number of hydrogen-bond donors (Lipinski definition) is 1. The fraction of sp³-hybridized carbons (Fsp3) is 0.931. The molecule has 1 fully saturated rings. The average Bonchev–Trinajstić information content (AvgIpc) is 2.81. The molecular weight excluding hydrogens is 573 g/mol. The molecular formula is C29H59N3O4Sn. The van der Waals surface area contributed by atoms with E-state index in [9.17, 15) is 9.59 Å². The summed E-state index contributed by atoms with van der Waals surface area (Å²) in [6, 6.07) is 0. The summed E-state index contributed by atoms with van der Waals surface area (Å²) in [5.41, 5.74) is 4.92. The van der Waals surface area contributed by atoms with Crippen LogP contribution in [0.2, 0.25) is 13.3 Å². The molecule has 7 nitrogen and oxygen atoms in total. The predicted octanol–water partition coefficient (Wildman–Crippen LogP) is 7.34. The third-order valence-corrected chi connectivity index (χ3v) is 22.5. The van der Waals surface area contributed by atoms with Gasteiger partial charge in [0.25, 0.3) is 0 Å². The third-order valence-electron chi connectivity index (χ3n) is 7.59. The van der Waals surface area contributed by atoms with Crippen molar-refractivity contribution >= 4 is 30.6 Å². The van der Waals surface area contributed by atoms with Gasteiger partial charge in [-0.2, -0.15) is 0 Å². The first-order chi connectivity index (χ1) is 17.2. The van der Waals surface area contributed by atoms with E-state index in [1.165, 1.54) is 51.8 Å². The molecule has 0 aromatic carbocycles. The molecule has 1 rings (SSSR count). The molecule has 1 aliphatic heterocycles. The summed E-state index contributed by atoms with van der Waals surface area (Å²) in [7, 11) is 0. The Morgan fingerprint density at radius 1 is 0.838 bits per heavy atom. The van der Waals surface area contributed by atoms with Gasteiger partial charge in [0.05, 0.1) is 0 Å². The third kappa shape index (κ3) is 11.5. The maximum atomic E-state index is 13.9.